The number of benzene rings is 2. The number of hydrogen-bond donors (Lipinski definition) is 0. The second kappa shape index (κ2) is 7.72. The van der Waals surface area contributed by atoms with E-state index in [1.54, 1.807) is 22.3 Å². The fourth-order valence-corrected chi connectivity index (χ4v) is 6.31. The predicted octanol–water partition coefficient (Wildman–Crippen LogP) is 5.09. The van der Waals surface area contributed by atoms with Gasteiger partial charge in [-0.1, -0.05) is 18.2 Å². The number of fused-ring (bicyclic) bond motifs is 1. The maximum atomic E-state index is 15.4. The Kier molecular flexibility index (Phi) is 4.68. The lowest BCUT2D eigenvalue weighted by Crippen LogP contribution is -2.41. The minimum Gasteiger partial charge on any atom is -0.342 e. The van der Waals surface area contributed by atoms with Crippen LogP contribution in [0.3, 0.4) is 0 Å². The van der Waals surface area contributed by atoms with E-state index in [-0.39, 0.29) is 29.5 Å². The van der Waals surface area contributed by atoms with Crippen LogP contribution in [0.2, 0.25) is 0 Å². The third-order valence-corrected chi connectivity index (χ3v) is 8.80. The predicted molar refractivity (Wildman–Crippen MR) is 135 cm³/mol. The highest BCUT2D eigenvalue weighted by Gasteiger charge is 2.57. The molecule has 2 saturated carbocycles. The van der Waals surface area contributed by atoms with Gasteiger partial charge in [0.15, 0.2) is 0 Å². The smallest absolute Gasteiger partial charge is 0.256 e. The number of hydrogen-bond acceptors (Lipinski definition) is 4. The average Bonchev–Trinajstić information content (AvgIpc) is 3.74. The molecule has 2 amide bonds. The molecule has 3 aromatic rings. The van der Waals surface area contributed by atoms with Gasteiger partial charge < -0.3 is 4.90 Å². The molecule has 0 N–H and O–H groups in total. The molecule has 2 aliphatic carbocycles. The second-order valence-electron chi connectivity index (χ2n) is 10.5. The number of nitrogens with zero attached hydrogens (tertiary/aromatic N) is 3. The van der Waals surface area contributed by atoms with Crippen molar-refractivity contribution in [1.82, 2.24) is 9.80 Å². The second-order valence-corrected chi connectivity index (χ2v) is 11.4. The van der Waals surface area contributed by atoms with E-state index in [0.29, 0.717) is 30.1 Å². The molecule has 2 aromatic carbocycles. The molecule has 1 atom stereocenters. The van der Waals surface area contributed by atoms with Crippen molar-refractivity contribution in [3.05, 3.63) is 59.2 Å². The van der Waals surface area contributed by atoms with Gasteiger partial charge in [0.2, 0.25) is 5.91 Å². The molecule has 3 fully saturated rings. The highest BCUT2D eigenvalue weighted by Crippen LogP contribution is 2.46. The van der Waals surface area contributed by atoms with E-state index in [4.69, 9.17) is 4.99 Å². The molecule has 0 radical (unpaired) electrons. The lowest BCUT2D eigenvalue weighted by molar-refractivity contribution is -0.131. The van der Waals surface area contributed by atoms with Crippen molar-refractivity contribution in [2.45, 2.75) is 37.6 Å². The third kappa shape index (κ3) is 3.59. The van der Waals surface area contributed by atoms with E-state index < -0.39 is 5.54 Å². The van der Waals surface area contributed by atoms with Gasteiger partial charge in [0.25, 0.3) is 5.91 Å². The van der Waals surface area contributed by atoms with Gasteiger partial charge in [-0.3, -0.25) is 19.5 Å². The first-order valence-corrected chi connectivity index (χ1v) is 13.4. The van der Waals surface area contributed by atoms with Gasteiger partial charge in [0.05, 0.1) is 0 Å². The molecule has 1 spiro atoms. The molecule has 1 saturated heterocycles. The molecule has 1 unspecified atom stereocenters. The van der Waals surface area contributed by atoms with Crippen LogP contribution in [0.15, 0.2) is 52.8 Å². The van der Waals surface area contributed by atoms with Gasteiger partial charge in [0.1, 0.15) is 17.2 Å². The highest BCUT2D eigenvalue weighted by molar-refractivity contribution is 7.17. The molecule has 5 nitrogen and oxygen atoms in total. The number of amidine groups is 1. The van der Waals surface area contributed by atoms with E-state index in [2.05, 4.69) is 0 Å². The monoisotopic (exact) mass is 487 g/mol. The number of carbonyl (C=O) groups is 2. The summed E-state index contributed by atoms with van der Waals surface area (Å²) in [5, 5.41) is 3.14. The summed E-state index contributed by atoms with van der Waals surface area (Å²) < 4.78 is 16.6. The molecule has 2 aliphatic heterocycles. The standard InChI is InChI=1S/C28H26FN3O2S/c29-23-14-21(3-5-22(23)19-4-6-24-20(13-19)8-12-35-24)25-30-28(9-10-28)27(34)32(25)16-17-7-11-31(15-17)26(33)18-1-2-18/h3-6,8,12-14,17-18H,1-2,7,9-11,15-16H2. The zero-order chi connectivity index (χ0) is 23.7. The first kappa shape index (κ1) is 21.2. The van der Waals surface area contributed by atoms with Crippen molar-refractivity contribution >= 4 is 39.1 Å². The Morgan fingerprint density at radius 3 is 2.69 bits per heavy atom. The Morgan fingerprint density at radius 2 is 1.91 bits per heavy atom. The molecule has 35 heavy (non-hydrogen) atoms. The normalized spacial score (nSPS) is 22.9. The molecule has 7 rings (SSSR count). The van der Waals surface area contributed by atoms with Crippen LogP contribution in [-0.4, -0.2) is 52.6 Å². The van der Waals surface area contributed by atoms with Crippen LogP contribution in [0, 0.1) is 17.7 Å². The van der Waals surface area contributed by atoms with Crippen molar-refractivity contribution in [3.63, 3.8) is 0 Å². The summed E-state index contributed by atoms with van der Waals surface area (Å²) in [5.74, 6) is 1.01. The molecule has 178 valence electrons. The number of thiophene rings is 1. The number of halogens is 1. The number of aliphatic imine (C=N–C) groups is 1. The maximum Gasteiger partial charge on any atom is 0.256 e. The van der Waals surface area contributed by atoms with Crippen LogP contribution >= 0.6 is 11.3 Å². The lowest BCUT2D eigenvalue weighted by Gasteiger charge is -2.24. The summed E-state index contributed by atoms with van der Waals surface area (Å²) in [6, 6.07) is 13.2. The minimum atomic E-state index is -0.642. The summed E-state index contributed by atoms with van der Waals surface area (Å²) in [6.07, 6.45) is 4.41. The van der Waals surface area contributed by atoms with Gasteiger partial charge in [-0.05, 0) is 78.6 Å². The Hall–Kier alpha value is -3.06. The van der Waals surface area contributed by atoms with Crippen molar-refractivity contribution in [1.29, 1.82) is 0 Å². The third-order valence-electron chi connectivity index (χ3n) is 7.90. The van der Waals surface area contributed by atoms with E-state index in [1.807, 2.05) is 40.6 Å². The summed E-state index contributed by atoms with van der Waals surface area (Å²) >= 11 is 1.67. The summed E-state index contributed by atoms with van der Waals surface area (Å²) in [5.41, 5.74) is 1.39. The first-order valence-electron chi connectivity index (χ1n) is 12.5. The molecule has 7 heteroatoms. The highest BCUT2D eigenvalue weighted by atomic mass is 32.1. The molecule has 3 heterocycles. The fraction of sp³-hybridized carbons (Fsp3) is 0.393. The minimum absolute atomic E-state index is 0.0341. The molecule has 4 aliphatic rings. The zero-order valence-corrected chi connectivity index (χ0v) is 20.2. The Balaban J connectivity index is 1.15. The molecule has 0 bridgehead atoms. The Labute approximate surface area is 207 Å². The first-order chi connectivity index (χ1) is 17.0. The summed E-state index contributed by atoms with van der Waals surface area (Å²) in [6.45, 7) is 1.99. The Bertz CT molecular complexity index is 1400. The van der Waals surface area contributed by atoms with E-state index >= 15 is 4.39 Å². The van der Waals surface area contributed by atoms with Gasteiger partial charge in [-0.2, -0.15) is 0 Å². The van der Waals surface area contributed by atoms with Crippen molar-refractivity contribution in [2.24, 2.45) is 16.8 Å². The number of rotatable bonds is 5. The van der Waals surface area contributed by atoms with E-state index in [9.17, 15) is 9.59 Å². The molecule has 1 aromatic heterocycles. The lowest BCUT2D eigenvalue weighted by atomic mass is 10.0. The Morgan fingerprint density at radius 1 is 1.09 bits per heavy atom. The van der Waals surface area contributed by atoms with E-state index in [1.165, 1.54) is 10.8 Å². The van der Waals surface area contributed by atoms with Gasteiger partial charge in [-0.25, -0.2) is 4.39 Å². The largest absolute Gasteiger partial charge is 0.342 e. The average molecular weight is 488 g/mol. The van der Waals surface area contributed by atoms with Gasteiger partial charge in [-0.15, -0.1) is 11.3 Å². The van der Waals surface area contributed by atoms with Crippen LogP contribution in [0.25, 0.3) is 21.2 Å². The van der Waals surface area contributed by atoms with Crippen LogP contribution in [0.1, 0.15) is 37.7 Å². The number of likely N-dealkylation sites (tertiary alicyclic amines) is 1. The van der Waals surface area contributed by atoms with Gasteiger partial charge in [0, 0.05) is 41.4 Å². The number of carbonyl (C=O) groups excluding carboxylic acids is 2. The van der Waals surface area contributed by atoms with Gasteiger partial charge >= 0.3 is 0 Å². The van der Waals surface area contributed by atoms with Crippen molar-refractivity contribution in [2.75, 3.05) is 19.6 Å². The number of amides is 2. The quantitative estimate of drug-likeness (QED) is 0.504. The molecular formula is C28H26FN3O2S. The topological polar surface area (TPSA) is 53.0 Å². The van der Waals surface area contributed by atoms with Crippen molar-refractivity contribution in [3.8, 4) is 11.1 Å². The summed E-state index contributed by atoms with van der Waals surface area (Å²) in [4.78, 5) is 34.3. The molecular weight excluding hydrogens is 461 g/mol. The van der Waals surface area contributed by atoms with Crippen LogP contribution in [0.5, 0.6) is 0 Å². The maximum absolute atomic E-state index is 15.4. The fourth-order valence-electron chi connectivity index (χ4n) is 5.54. The summed E-state index contributed by atoms with van der Waals surface area (Å²) in [7, 11) is 0. The van der Waals surface area contributed by atoms with Crippen LogP contribution in [-0.2, 0) is 9.59 Å². The zero-order valence-electron chi connectivity index (χ0n) is 19.4. The van der Waals surface area contributed by atoms with Crippen LogP contribution in [0.4, 0.5) is 4.39 Å². The van der Waals surface area contributed by atoms with Crippen LogP contribution < -0.4 is 0 Å². The SMILES string of the molecule is O=C(C1CC1)N1CCC(CN2C(=O)C3(CC3)N=C2c2ccc(-c3ccc4sccc4c3)c(F)c2)C1. The van der Waals surface area contributed by atoms with E-state index in [0.717, 1.165) is 49.6 Å². The van der Waals surface area contributed by atoms with Crippen molar-refractivity contribution < 1.29 is 14.0 Å².